The number of carboxylic acid groups (broad SMARTS) is 1. The van der Waals surface area contributed by atoms with Crippen LogP contribution in [0.25, 0.3) is 0 Å². The van der Waals surface area contributed by atoms with Crippen LogP contribution in [0.5, 0.6) is 0 Å². The van der Waals surface area contributed by atoms with E-state index < -0.39 is 41.7 Å². The summed E-state index contributed by atoms with van der Waals surface area (Å²) in [7, 11) is 0. The SMILES string of the molecule is CC(C)C[C@H](CNC(=O)OC(C)OC(=O)[C@H](ON(O)O)C(C)C)CC(=O)O. The van der Waals surface area contributed by atoms with Crippen molar-refractivity contribution in [3.63, 3.8) is 0 Å². The molecule has 3 atom stereocenters. The van der Waals surface area contributed by atoms with Gasteiger partial charge in [-0.15, -0.1) is 0 Å². The van der Waals surface area contributed by atoms with Crippen molar-refractivity contribution in [1.29, 1.82) is 0 Å². The molecule has 0 rings (SSSR count). The number of hydrogen-bond donors (Lipinski definition) is 4. The number of nitrogens with one attached hydrogen (secondary N) is 1. The molecule has 0 aliphatic carbocycles. The number of nitrogens with zero attached hydrogens (tertiary/aromatic N) is 1. The summed E-state index contributed by atoms with van der Waals surface area (Å²) in [5.74, 6) is -2.36. The van der Waals surface area contributed by atoms with Gasteiger partial charge in [-0.3, -0.25) is 15.2 Å². The van der Waals surface area contributed by atoms with Crippen LogP contribution in [0.3, 0.4) is 0 Å². The molecule has 11 heteroatoms. The van der Waals surface area contributed by atoms with Gasteiger partial charge in [-0.1, -0.05) is 27.7 Å². The number of amides is 1. The van der Waals surface area contributed by atoms with Gasteiger partial charge in [-0.25, -0.2) is 14.4 Å². The number of rotatable bonds is 12. The summed E-state index contributed by atoms with van der Waals surface area (Å²) in [6.45, 7) is 8.47. The predicted octanol–water partition coefficient (Wildman–Crippen LogP) is 1.78. The van der Waals surface area contributed by atoms with E-state index in [2.05, 4.69) is 10.2 Å². The summed E-state index contributed by atoms with van der Waals surface area (Å²) in [5, 5.41) is 28.1. The van der Waals surface area contributed by atoms with Gasteiger partial charge in [-0.05, 0) is 24.2 Å². The van der Waals surface area contributed by atoms with Crippen molar-refractivity contribution in [2.24, 2.45) is 17.8 Å². The number of ether oxygens (including phenoxy) is 2. The Balaban J connectivity index is 4.50. The molecule has 0 bridgehead atoms. The van der Waals surface area contributed by atoms with Gasteiger partial charge in [0.05, 0.1) is 5.39 Å². The van der Waals surface area contributed by atoms with Gasteiger partial charge in [0.1, 0.15) is 0 Å². The second-order valence-corrected chi connectivity index (χ2v) is 6.91. The van der Waals surface area contributed by atoms with E-state index in [4.69, 9.17) is 25.0 Å². The summed E-state index contributed by atoms with van der Waals surface area (Å²) < 4.78 is 9.77. The summed E-state index contributed by atoms with van der Waals surface area (Å²) in [5.41, 5.74) is 0. The molecule has 0 saturated heterocycles. The lowest BCUT2D eigenvalue weighted by Gasteiger charge is -2.23. The number of aliphatic carboxylic acids is 1. The molecule has 1 amide bonds. The number of alkyl carbamates (subject to hydrolysis) is 1. The molecule has 11 nitrogen and oxygen atoms in total. The van der Waals surface area contributed by atoms with Crippen molar-refractivity contribution in [3.05, 3.63) is 0 Å². The van der Waals surface area contributed by atoms with Crippen LogP contribution in [-0.4, -0.2) is 57.9 Å². The summed E-state index contributed by atoms with van der Waals surface area (Å²) in [6, 6.07) is 0. The molecule has 27 heavy (non-hydrogen) atoms. The number of carboxylic acids is 1. The van der Waals surface area contributed by atoms with Gasteiger partial charge in [0, 0.05) is 19.9 Å². The zero-order chi connectivity index (χ0) is 21.1. The van der Waals surface area contributed by atoms with Gasteiger partial charge < -0.3 is 19.9 Å². The van der Waals surface area contributed by atoms with Crippen LogP contribution in [0.4, 0.5) is 4.79 Å². The predicted molar refractivity (Wildman–Crippen MR) is 90.4 cm³/mol. The molecule has 1 unspecified atom stereocenters. The third-order valence-electron chi connectivity index (χ3n) is 3.40. The first kappa shape index (κ1) is 25.1. The van der Waals surface area contributed by atoms with Gasteiger partial charge in [0.25, 0.3) is 0 Å². The average molecular weight is 394 g/mol. The molecule has 0 saturated carbocycles. The van der Waals surface area contributed by atoms with Gasteiger partial charge in [0.15, 0.2) is 6.10 Å². The number of carbonyl (C=O) groups excluding carboxylic acids is 2. The molecular formula is C16H30N2O9. The first-order valence-electron chi connectivity index (χ1n) is 8.63. The Hall–Kier alpha value is -1.95. The molecule has 0 aromatic heterocycles. The molecule has 158 valence electrons. The average Bonchev–Trinajstić information content (AvgIpc) is 2.48. The summed E-state index contributed by atoms with van der Waals surface area (Å²) in [4.78, 5) is 39.1. The Bertz CT molecular complexity index is 483. The quantitative estimate of drug-likeness (QED) is 0.219. The second-order valence-electron chi connectivity index (χ2n) is 6.91. The molecule has 4 N–H and O–H groups in total. The van der Waals surface area contributed by atoms with Crippen molar-refractivity contribution >= 4 is 18.0 Å². The fourth-order valence-electron chi connectivity index (χ4n) is 2.37. The van der Waals surface area contributed by atoms with E-state index in [0.717, 1.165) is 0 Å². The van der Waals surface area contributed by atoms with Crippen LogP contribution in [0.1, 0.15) is 47.5 Å². The zero-order valence-electron chi connectivity index (χ0n) is 16.2. The van der Waals surface area contributed by atoms with Gasteiger partial charge >= 0.3 is 18.0 Å². The molecule has 0 spiro atoms. The standard InChI is InChI=1S/C16H30N2O9/c1-9(2)6-12(7-13(19)20)8-17-16(22)26-11(5)25-15(21)14(10(3)4)27-18(23)24/h9-12,14,23-24H,6-8H2,1-5H3,(H,17,22)(H,19,20)/t11?,12-,14+/m0/s1. The largest absolute Gasteiger partial charge is 0.481 e. The summed E-state index contributed by atoms with van der Waals surface area (Å²) in [6.07, 6.45) is -2.93. The van der Waals surface area contributed by atoms with Crippen molar-refractivity contribution in [3.8, 4) is 0 Å². The Morgan fingerprint density at radius 2 is 1.63 bits per heavy atom. The number of esters is 1. The lowest BCUT2D eigenvalue weighted by molar-refractivity contribution is -0.504. The Kier molecular flexibility index (Phi) is 11.5. The van der Waals surface area contributed by atoms with Crippen molar-refractivity contribution < 1.29 is 44.2 Å². The minimum atomic E-state index is -1.32. The third kappa shape index (κ3) is 12.1. The molecule has 0 radical (unpaired) electrons. The maximum absolute atomic E-state index is 11.9. The molecule has 0 aromatic rings. The highest BCUT2D eigenvalue weighted by Gasteiger charge is 2.29. The van der Waals surface area contributed by atoms with E-state index in [9.17, 15) is 14.4 Å². The van der Waals surface area contributed by atoms with E-state index in [-0.39, 0.29) is 24.8 Å². The number of carbonyl (C=O) groups is 3. The highest BCUT2D eigenvalue weighted by molar-refractivity contribution is 5.75. The topological polar surface area (TPSA) is 155 Å². The van der Waals surface area contributed by atoms with Crippen molar-refractivity contribution in [2.45, 2.75) is 59.9 Å². The van der Waals surface area contributed by atoms with E-state index in [1.165, 1.54) is 6.92 Å². The zero-order valence-corrected chi connectivity index (χ0v) is 16.2. The van der Waals surface area contributed by atoms with Crippen molar-refractivity contribution in [2.75, 3.05) is 6.54 Å². The Morgan fingerprint density at radius 1 is 1.04 bits per heavy atom. The highest BCUT2D eigenvalue weighted by atomic mass is 17.1. The van der Waals surface area contributed by atoms with Gasteiger partial charge in [-0.2, -0.15) is 0 Å². The number of hydrogen-bond acceptors (Lipinski definition) is 9. The molecule has 0 aliphatic rings. The first-order chi connectivity index (χ1) is 12.4. The minimum absolute atomic E-state index is 0.0881. The molecule has 0 aromatic carbocycles. The van der Waals surface area contributed by atoms with Gasteiger partial charge in [0.2, 0.25) is 6.29 Å². The molecule has 0 heterocycles. The summed E-state index contributed by atoms with van der Waals surface area (Å²) >= 11 is 0. The first-order valence-corrected chi connectivity index (χ1v) is 8.63. The Morgan fingerprint density at radius 3 is 2.07 bits per heavy atom. The van der Waals surface area contributed by atoms with Crippen LogP contribution >= 0.6 is 0 Å². The lowest BCUT2D eigenvalue weighted by Crippen LogP contribution is -2.39. The Labute approximate surface area is 158 Å². The van der Waals surface area contributed by atoms with Crippen LogP contribution in [-0.2, 0) is 23.9 Å². The van der Waals surface area contributed by atoms with Crippen molar-refractivity contribution in [1.82, 2.24) is 10.7 Å². The lowest BCUT2D eigenvalue weighted by atomic mass is 9.94. The van der Waals surface area contributed by atoms with Crippen LogP contribution in [0, 0.1) is 17.8 Å². The molecule has 0 aliphatic heterocycles. The smallest absolute Gasteiger partial charge is 0.410 e. The van der Waals surface area contributed by atoms with Crippen LogP contribution in [0.15, 0.2) is 0 Å². The highest BCUT2D eigenvalue weighted by Crippen LogP contribution is 2.15. The van der Waals surface area contributed by atoms with Crippen LogP contribution in [0.2, 0.25) is 0 Å². The maximum atomic E-state index is 11.9. The fraction of sp³-hybridized carbons (Fsp3) is 0.812. The normalized spacial score (nSPS) is 14.7. The van der Waals surface area contributed by atoms with Crippen LogP contribution < -0.4 is 5.32 Å². The van der Waals surface area contributed by atoms with E-state index in [1.54, 1.807) is 13.8 Å². The molecular weight excluding hydrogens is 364 g/mol. The van der Waals surface area contributed by atoms with E-state index in [0.29, 0.717) is 6.42 Å². The fourth-order valence-corrected chi connectivity index (χ4v) is 2.37. The minimum Gasteiger partial charge on any atom is -0.481 e. The third-order valence-corrected chi connectivity index (χ3v) is 3.40. The molecule has 0 fully saturated rings. The van der Waals surface area contributed by atoms with E-state index >= 15 is 0 Å². The second kappa shape index (κ2) is 12.4. The monoisotopic (exact) mass is 394 g/mol. The maximum Gasteiger partial charge on any atom is 0.410 e. The van der Waals surface area contributed by atoms with E-state index in [1.807, 2.05) is 13.8 Å².